The van der Waals surface area contributed by atoms with Crippen molar-refractivity contribution in [2.24, 2.45) is 0 Å². The first kappa shape index (κ1) is 12.2. The number of rotatable bonds is 3. The van der Waals surface area contributed by atoms with E-state index in [1.54, 1.807) is 13.0 Å². The SMILES string of the molecule is CCc1cc(C)cc(C(=O)O)c1C(=O)OC. The molecule has 0 spiro atoms. The van der Waals surface area contributed by atoms with E-state index in [4.69, 9.17) is 5.11 Å². The highest BCUT2D eigenvalue weighted by Gasteiger charge is 2.20. The Kier molecular flexibility index (Phi) is 3.66. The lowest BCUT2D eigenvalue weighted by molar-refractivity contribution is 0.0581. The van der Waals surface area contributed by atoms with Crippen LogP contribution in [0.25, 0.3) is 0 Å². The molecule has 0 fully saturated rings. The predicted molar refractivity (Wildman–Crippen MR) is 58.9 cm³/mol. The van der Waals surface area contributed by atoms with Crippen LogP contribution < -0.4 is 0 Å². The number of esters is 1. The van der Waals surface area contributed by atoms with Crippen LogP contribution in [0.2, 0.25) is 0 Å². The van der Waals surface area contributed by atoms with Gasteiger partial charge in [0, 0.05) is 0 Å². The predicted octanol–water partition coefficient (Wildman–Crippen LogP) is 2.04. The number of carboxylic acids is 1. The molecule has 0 aliphatic rings. The van der Waals surface area contributed by atoms with Crippen LogP contribution in [0.15, 0.2) is 12.1 Å². The number of aryl methyl sites for hydroxylation is 2. The Morgan fingerprint density at radius 1 is 1.38 bits per heavy atom. The van der Waals surface area contributed by atoms with Gasteiger partial charge in [-0.2, -0.15) is 0 Å². The maximum atomic E-state index is 11.5. The van der Waals surface area contributed by atoms with E-state index in [1.165, 1.54) is 13.2 Å². The standard InChI is InChI=1S/C12H14O4/c1-4-8-5-7(2)6-9(11(13)14)10(8)12(15)16-3/h5-6H,4H2,1-3H3,(H,13,14). The van der Waals surface area contributed by atoms with E-state index in [0.717, 1.165) is 5.56 Å². The van der Waals surface area contributed by atoms with E-state index in [0.29, 0.717) is 12.0 Å². The van der Waals surface area contributed by atoms with Crippen molar-refractivity contribution >= 4 is 11.9 Å². The fourth-order valence-corrected chi connectivity index (χ4v) is 1.65. The molecule has 4 heteroatoms. The molecule has 0 saturated heterocycles. The third-order valence-corrected chi connectivity index (χ3v) is 2.37. The van der Waals surface area contributed by atoms with Crippen LogP contribution in [0.4, 0.5) is 0 Å². The van der Waals surface area contributed by atoms with Crippen molar-refractivity contribution in [3.05, 3.63) is 34.4 Å². The summed E-state index contributed by atoms with van der Waals surface area (Å²) >= 11 is 0. The van der Waals surface area contributed by atoms with Crippen molar-refractivity contribution in [2.45, 2.75) is 20.3 Å². The molecule has 0 unspecified atom stereocenters. The number of carboxylic acid groups (broad SMARTS) is 1. The van der Waals surface area contributed by atoms with Gasteiger partial charge in [-0.1, -0.05) is 13.0 Å². The lowest BCUT2D eigenvalue weighted by Gasteiger charge is -2.10. The second-order valence-corrected chi connectivity index (χ2v) is 3.50. The van der Waals surface area contributed by atoms with Crippen LogP contribution in [0.3, 0.4) is 0 Å². The van der Waals surface area contributed by atoms with Gasteiger partial charge < -0.3 is 9.84 Å². The third-order valence-electron chi connectivity index (χ3n) is 2.37. The maximum Gasteiger partial charge on any atom is 0.339 e. The number of carbonyl (C=O) groups is 2. The molecule has 0 aliphatic carbocycles. The molecule has 16 heavy (non-hydrogen) atoms. The number of hydrogen-bond acceptors (Lipinski definition) is 3. The molecule has 0 saturated carbocycles. The first-order chi connectivity index (χ1) is 7.51. The smallest absolute Gasteiger partial charge is 0.339 e. The summed E-state index contributed by atoms with van der Waals surface area (Å²) in [6.45, 7) is 3.67. The maximum absolute atomic E-state index is 11.5. The monoisotopic (exact) mass is 222 g/mol. The lowest BCUT2D eigenvalue weighted by atomic mass is 9.96. The van der Waals surface area contributed by atoms with E-state index in [9.17, 15) is 9.59 Å². The van der Waals surface area contributed by atoms with E-state index in [2.05, 4.69) is 4.74 Å². The zero-order valence-corrected chi connectivity index (χ0v) is 9.53. The second kappa shape index (κ2) is 4.79. The first-order valence-electron chi connectivity index (χ1n) is 4.96. The Hall–Kier alpha value is -1.84. The number of ether oxygens (including phenoxy) is 1. The Morgan fingerprint density at radius 3 is 2.44 bits per heavy atom. The molecular formula is C12H14O4. The highest BCUT2D eigenvalue weighted by molar-refractivity contribution is 6.03. The number of aromatic carboxylic acids is 1. The second-order valence-electron chi connectivity index (χ2n) is 3.50. The summed E-state index contributed by atoms with van der Waals surface area (Å²) in [6.07, 6.45) is 0.590. The molecule has 1 rings (SSSR count). The molecular weight excluding hydrogens is 208 g/mol. The van der Waals surface area contributed by atoms with Crippen LogP contribution in [0.5, 0.6) is 0 Å². The van der Waals surface area contributed by atoms with Gasteiger partial charge in [0.25, 0.3) is 0 Å². The molecule has 0 atom stereocenters. The van der Waals surface area contributed by atoms with Crippen LogP contribution >= 0.6 is 0 Å². The van der Waals surface area contributed by atoms with Gasteiger partial charge >= 0.3 is 11.9 Å². The van der Waals surface area contributed by atoms with Crippen LogP contribution in [-0.2, 0) is 11.2 Å². The molecule has 1 N–H and O–H groups in total. The molecule has 0 heterocycles. The average Bonchev–Trinajstić information content (AvgIpc) is 2.26. The zero-order chi connectivity index (χ0) is 12.3. The van der Waals surface area contributed by atoms with Crippen molar-refractivity contribution in [1.82, 2.24) is 0 Å². The van der Waals surface area contributed by atoms with Gasteiger partial charge in [0.1, 0.15) is 0 Å². The number of methoxy groups -OCH3 is 1. The van der Waals surface area contributed by atoms with E-state index in [1.807, 2.05) is 6.92 Å². The van der Waals surface area contributed by atoms with Gasteiger partial charge in [-0.3, -0.25) is 0 Å². The van der Waals surface area contributed by atoms with Crippen LogP contribution in [0, 0.1) is 6.92 Å². The van der Waals surface area contributed by atoms with E-state index in [-0.39, 0.29) is 11.1 Å². The summed E-state index contributed by atoms with van der Waals surface area (Å²) in [5.74, 6) is -1.71. The molecule has 1 aromatic carbocycles. The zero-order valence-electron chi connectivity index (χ0n) is 9.53. The van der Waals surface area contributed by atoms with Gasteiger partial charge in [0.2, 0.25) is 0 Å². The molecule has 0 radical (unpaired) electrons. The van der Waals surface area contributed by atoms with Crippen LogP contribution in [0.1, 0.15) is 38.8 Å². The van der Waals surface area contributed by atoms with E-state index < -0.39 is 11.9 Å². The minimum atomic E-state index is -1.11. The van der Waals surface area contributed by atoms with Gasteiger partial charge in [-0.25, -0.2) is 9.59 Å². The van der Waals surface area contributed by atoms with Crippen molar-refractivity contribution < 1.29 is 19.4 Å². The summed E-state index contributed by atoms with van der Waals surface area (Å²) in [6, 6.07) is 3.28. The summed E-state index contributed by atoms with van der Waals surface area (Å²) in [5, 5.41) is 9.05. The minimum absolute atomic E-state index is 0.00343. The normalized spacial score (nSPS) is 9.94. The van der Waals surface area contributed by atoms with Crippen molar-refractivity contribution in [3.63, 3.8) is 0 Å². The largest absolute Gasteiger partial charge is 0.478 e. The fourth-order valence-electron chi connectivity index (χ4n) is 1.65. The molecule has 0 aliphatic heterocycles. The molecule has 0 bridgehead atoms. The molecule has 4 nitrogen and oxygen atoms in total. The summed E-state index contributed by atoms with van der Waals surface area (Å²) < 4.78 is 4.61. The van der Waals surface area contributed by atoms with Gasteiger partial charge in [0.15, 0.2) is 0 Å². The number of hydrogen-bond donors (Lipinski definition) is 1. The third kappa shape index (κ3) is 2.21. The fraction of sp³-hybridized carbons (Fsp3) is 0.333. The average molecular weight is 222 g/mol. The minimum Gasteiger partial charge on any atom is -0.478 e. The summed E-state index contributed by atoms with van der Waals surface area (Å²) in [5.41, 5.74) is 1.68. The number of carbonyl (C=O) groups excluding carboxylic acids is 1. The van der Waals surface area contributed by atoms with Crippen molar-refractivity contribution in [2.75, 3.05) is 7.11 Å². The Balaban J connectivity index is 3.51. The molecule has 0 aromatic heterocycles. The quantitative estimate of drug-likeness (QED) is 0.795. The van der Waals surface area contributed by atoms with Gasteiger partial charge in [-0.05, 0) is 30.5 Å². The molecule has 1 aromatic rings. The van der Waals surface area contributed by atoms with Crippen molar-refractivity contribution in [3.8, 4) is 0 Å². The topological polar surface area (TPSA) is 63.6 Å². The summed E-state index contributed by atoms with van der Waals surface area (Å²) in [7, 11) is 1.24. The van der Waals surface area contributed by atoms with E-state index >= 15 is 0 Å². The highest BCUT2D eigenvalue weighted by Crippen LogP contribution is 2.19. The highest BCUT2D eigenvalue weighted by atomic mass is 16.5. The van der Waals surface area contributed by atoms with Crippen molar-refractivity contribution in [1.29, 1.82) is 0 Å². The van der Waals surface area contributed by atoms with Crippen LogP contribution in [-0.4, -0.2) is 24.2 Å². The Bertz CT molecular complexity index is 435. The van der Waals surface area contributed by atoms with Gasteiger partial charge in [-0.15, -0.1) is 0 Å². The Morgan fingerprint density at radius 2 is 2.00 bits per heavy atom. The first-order valence-corrected chi connectivity index (χ1v) is 4.96. The Labute approximate surface area is 93.9 Å². The lowest BCUT2D eigenvalue weighted by Crippen LogP contribution is -2.13. The molecule has 86 valence electrons. The molecule has 0 amide bonds. The number of benzene rings is 1. The summed E-state index contributed by atoms with van der Waals surface area (Å²) in [4.78, 5) is 22.6. The van der Waals surface area contributed by atoms with Gasteiger partial charge in [0.05, 0.1) is 18.2 Å².